The molecule has 0 amide bonds. The average Bonchev–Trinajstić information content (AvgIpc) is 2.32. The molecule has 0 aromatic heterocycles. The van der Waals surface area contributed by atoms with Crippen LogP contribution in [-0.2, 0) is 0 Å². The van der Waals surface area contributed by atoms with E-state index in [0.717, 1.165) is 12.0 Å². The Hall–Kier alpha value is -0.980. The molecule has 0 saturated heterocycles. The molecule has 0 unspecified atom stereocenters. The largest absolute Gasteiger partial charge is 0.512 e. The quantitative estimate of drug-likeness (QED) is 0.589. The molecule has 0 heterocycles. The molecule has 0 fully saturated rings. The van der Waals surface area contributed by atoms with Crippen molar-refractivity contribution in [3.05, 3.63) is 35.6 Å². The van der Waals surface area contributed by atoms with Crippen LogP contribution in [0.2, 0.25) is 0 Å². The summed E-state index contributed by atoms with van der Waals surface area (Å²) in [6.45, 7) is 6.35. The molecule has 66 valence electrons. The summed E-state index contributed by atoms with van der Waals surface area (Å²) in [5.41, 5.74) is 1.10. The van der Waals surface area contributed by atoms with E-state index in [1.54, 1.807) is 0 Å². The van der Waals surface area contributed by atoms with Crippen LogP contribution in [0.1, 0.15) is 27.2 Å². The minimum atomic E-state index is 0.154. The molecule has 1 rings (SSSR count). The molecule has 0 aromatic carbocycles. The van der Waals surface area contributed by atoms with Crippen molar-refractivity contribution in [3.8, 4) is 0 Å². The molecule has 0 radical (unpaired) electrons. The van der Waals surface area contributed by atoms with E-state index >= 15 is 0 Å². The van der Waals surface area contributed by atoms with Crippen LogP contribution >= 0.6 is 0 Å². The fourth-order valence-electron chi connectivity index (χ4n) is 1.17. The number of allylic oxidation sites excluding steroid dienone is 6. The summed E-state index contributed by atoms with van der Waals surface area (Å²) in [5.74, 6) is 0.493. The maximum Gasteiger partial charge on any atom is 0.0999 e. The molecule has 0 aromatic rings. The number of hydrogen-bond donors (Lipinski definition) is 1. The van der Waals surface area contributed by atoms with Crippen LogP contribution in [0, 0.1) is 5.41 Å². The smallest absolute Gasteiger partial charge is 0.0999 e. The lowest BCUT2D eigenvalue weighted by molar-refractivity contribution is 0.302. The summed E-state index contributed by atoms with van der Waals surface area (Å²) in [5, 5.41) is 9.66. The molecule has 1 heteroatoms. The van der Waals surface area contributed by atoms with Gasteiger partial charge in [-0.2, -0.15) is 0 Å². The van der Waals surface area contributed by atoms with Gasteiger partial charge >= 0.3 is 0 Å². The molecule has 1 aliphatic carbocycles. The van der Waals surface area contributed by atoms with Gasteiger partial charge in [-0.1, -0.05) is 45.1 Å². The summed E-state index contributed by atoms with van der Waals surface area (Å²) >= 11 is 0. The zero-order valence-electron chi connectivity index (χ0n) is 7.96. The molecule has 1 N–H and O–H groups in total. The molecule has 12 heavy (non-hydrogen) atoms. The van der Waals surface area contributed by atoms with Crippen LogP contribution in [0.3, 0.4) is 0 Å². The molecule has 0 aliphatic heterocycles. The fraction of sp³-hybridized carbons (Fsp3) is 0.455. The van der Waals surface area contributed by atoms with Gasteiger partial charge in [0.15, 0.2) is 0 Å². The van der Waals surface area contributed by atoms with Gasteiger partial charge in [0.05, 0.1) is 5.76 Å². The molecule has 0 atom stereocenters. The number of rotatable bonds is 1. The standard InChI is InChI=1S/C11H16O/c1-11(2,3)8-10(12)9-6-4-5-7-9/h4-7,12H,8H2,1-3H3. The molecular formula is C11H16O. The van der Waals surface area contributed by atoms with Crippen molar-refractivity contribution in [2.24, 2.45) is 5.41 Å². The summed E-state index contributed by atoms with van der Waals surface area (Å²) < 4.78 is 0. The zero-order chi connectivity index (χ0) is 9.19. The lowest BCUT2D eigenvalue weighted by atomic mass is 9.90. The minimum Gasteiger partial charge on any atom is -0.512 e. The first-order chi connectivity index (χ1) is 5.49. The van der Waals surface area contributed by atoms with E-state index in [1.807, 2.05) is 24.3 Å². The predicted octanol–water partition coefficient (Wildman–Crippen LogP) is 3.36. The van der Waals surface area contributed by atoms with Crippen LogP contribution in [0.15, 0.2) is 35.6 Å². The monoisotopic (exact) mass is 164 g/mol. The van der Waals surface area contributed by atoms with Crippen molar-refractivity contribution in [2.75, 3.05) is 0 Å². The molecule has 1 aliphatic rings. The molecule has 0 saturated carbocycles. The maximum atomic E-state index is 9.66. The third-order valence-corrected chi connectivity index (χ3v) is 1.69. The molecular weight excluding hydrogens is 148 g/mol. The van der Waals surface area contributed by atoms with Gasteiger partial charge in [-0.3, -0.25) is 0 Å². The predicted molar refractivity (Wildman–Crippen MR) is 52.0 cm³/mol. The SMILES string of the molecule is CC(C)(C)CC(O)=C1C=CC=C1. The van der Waals surface area contributed by atoms with E-state index in [2.05, 4.69) is 20.8 Å². The van der Waals surface area contributed by atoms with Crippen LogP contribution in [0.4, 0.5) is 0 Å². The highest BCUT2D eigenvalue weighted by Crippen LogP contribution is 2.26. The lowest BCUT2D eigenvalue weighted by Crippen LogP contribution is -2.06. The van der Waals surface area contributed by atoms with E-state index in [-0.39, 0.29) is 5.41 Å². The van der Waals surface area contributed by atoms with Crippen molar-refractivity contribution in [1.29, 1.82) is 0 Å². The first kappa shape index (κ1) is 9.11. The van der Waals surface area contributed by atoms with Gasteiger partial charge < -0.3 is 5.11 Å². The normalized spacial score (nSPS) is 15.8. The lowest BCUT2D eigenvalue weighted by Gasteiger charge is -2.17. The van der Waals surface area contributed by atoms with E-state index in [0.29, 0.717) is 5.76 Å². The molecule has 0 bridgehead atoms. The Kier molecular flexibility index (Phi) is 2.41. The van der Waals surface area contributed by atoms with Gasteiger partial charge in [0, 0.05) is 12.0 Å². The van der Waals surface area contributed by atoms with E-state index < -0.39 is 0 Å². The first-order valence-corrected chi connectivity index (χ1v) is 4.26. The van der Waals surface area contributed by atoms with Crippen molar-refractivity contribution in [2.45, 2.75) is 27.2 Å². The Morgan fingerprint density at radius 1 is 1.25 bits per heavy atom. The number of aliphatic hydroxyl groups is 1. The van der Waals surface area contributed by atoms with E-state index in [1.165, 1.54) is 0 Å². The Morgan fingerprint density at radius 2 is 1.75 bits per heavy atom. The van der Waals surface area contributed by atoms with Crippen LogP contribution in [0.5, 0.6) is 0 Å². The van der Waals surface area contributed by atoms with E-state index in [4.69, 9.17) is 0 Å². The second-order valence-electron chi connectivity index (χ2n) is 4.36. The van der Waals surface area contributed by atoms with Gasteiger partial charge in [0.25, 0.3) is 0 Å². The zero-order valence-corrected chi connectivity index (χ0v) is 7.96. The molecule has 0 spiro atoms. The van der Waals surface area contributed by atoms with Gasteiger partial charge in [0.1, 0.15) is 0 Å². The number of hydrogen-bond acceptors (Lipinski definition) is 1. The Bertz CT molecular complexity index is 235. The fourth-order valence-corrected chi connectivity index (χ4v) is 1.17. The summed E-state index contributed by atoms with van der Waals surface area (Å²) in [4.78, 5) is 0. The van der Waals surface area contributed by atoms with Crippen molar-refractivity contribution < 1.29 is 5.11 Å². The highest BCUT2D eigenvalue weighted by Gasteiger charge is 2.14. The highest BCUT2D eigenvalue weighted by atomic mass is 16.3. The van der Waals surface area contributed by atoms with Crippen LogP contribution in [-0.4, -0.2) is 5.11 Å². The second kappa shape index (κ2) is 3.18. The Morgan fingerprint density at radius 3 is 2.17 bits per heavy atom. The Balaban J connectivity index is 2.71. The number of aliphatic hydroxyl groups excluding tert-OH is 1. The maximum absolute atomic E-state index is 9.66. The minimum absolute atomic E-state index is 0.154. The first-order valence-electron chi connectivity index (χ1n) is 4.26. The summed E-state index contributed by atoms with van der Waals surface area (Å²) in [7, 11) is 0. The van der Waals surface area contributed by atoms with Crippen molar-refractivity contribution in [3.63, 3.8) is 0 Å². The summed E-state index contributed by atoms with van der Waals surface area (Å²) in [6.07, 6.45) is 8.47. The summed E-state index contributed by atoms with van der Waals surface area (Å²) in [6, 6.07) is 0. The van der Waals surface area contributed by atoms with Crippen molar-refractivity contribution in [1.82, 2.24) is 0 Å². The van der Waals surface area contributed by atoms with E-state index in [9.17, 15) is 5.11 Å². The van der Waals surface area contributed by atoms with Crippen LogP contribution in [0.25, 0.3) is 0 Å². The van der Waals surface area contributed by atoms with Gasteiger partial charge in [-0.05, 0) is 5.41 Å². The molecule has 1 nitrogen and oxygen atoms in total. The average molecular weight is 164 g/mol. The highest BCUT2D eigenvalue weighted by molar-refractivity contribution is 5.41. The second-order valence-corrected chi connectivity index (χ2v) is 4.36. The third kappa shape index (κ3) is 2.57. The topological polar surface area (TPSA) is 20.2 Å². The Labute approximate surface area is 74.1 Å². The van der Waals surface area contributed by atoms with Gasteiger partial charge in [-0.25, -0.2) is 0 Å². The van der Waals surface area contributed by atoms with Crippen LogP contribution < -0.4 is 0 Å². The van der Waals surface area contributed by atoms with Crippen molar-refractivity contribution >= 4 is 0 Å². The van der Waals surface area contributed by atoms with Gasteiger partial charge in [-0.15, -0.1) is 0 Å². The third-order valence-electron chi connectivity index (χ3n) is 1.69. The van der Waals surface area contributed by atoms with Gasteiger partial charge in [0.2, 0.25) is 0 Å².